The van der Waals surface area contributed by atoms with Crippen molar-refractivity contribution in [3.63, 3.8) is 0 Å². The average Bonchev–Trinajstić information content (AvgIpc) is 2.44. The highest BCUT2D eigenvalue weighted by Gasteiger charge is 2.06. The van der Waals surface area contributed by atoms with Crippen LogP contribution in [0.2, 0.25) is 0 Å². The van der Waals surface area contributed by atoms with Crippen LogP contribution in [0.5, 0.6) is 0 Å². The Morgan fingerprint density at radius 3 is 2.79 bits per heavy atom. The standard InChI is InChI=1S/C15H27N3O/c1-5-13(2)12-18(3)15-7-6-14(11-17-15)10-16-8-9-19-4/h6-7,11,13,16H,5,8-10,12H2,1-4H3. The van der Waals surface area contributed by atoms with Gasteiger partial charge in [-0.2, -0.15) is 0 Å². The average molecular weight is 265 g/mol. The molecule has 4 nitrogen and oxygen atoms in total. The van der Waals surface area contributed by atoms with Gasteiger partial charge < -0.3 is 15.0 Å². The zero-order chi connectivity index (χ0) is 14.1. The number of ether oxygens (including phenoxy) is 1. The van der Waals surface area contributed by atoms with Gasteiger partial charge in [0.25, 0.3) is 0 Å². The number of methoxy groups -OCH3 is 1. The van der Waals surface area contributed by atoms with Crippen LogP contribution in [0.15, 0.2) is 18.3 Å². The van der Waals surface area contributed by atoms with Crippen LogP contribution in [0.1, 0.15) is 25.8 Å². The van der Waals surface area contributed by atoms with Gasteiger partial charge in [0.1, 0.15) is 5.82 Å². The van der Waals surface area contributed by atoms with Crippen LogP contribution in [-0.4, -0.2) is 38.8 Å². The van der Waals surface area contributed by atoms with Gasteiger partial charge in [0.2, 0.25) is 0 Å². The van der Waals surface area contributed by atoms with Gasteiger partial charge in [-0.3, -0.25) is 0 Å². The van der Waals surface area contributed by atoms with E-state index in [0.29, 0.717) is 5.92 Å². The van der Waals surface area contributed by atoms with Crippen molar-refractivity contribution >= 4 is 5.82 Å². The van der Waals surface area contributed by atoms with Gasteiger partial charge in [-0.25, -0.2) is 4.98 Å². The van der Waals surface area contributed by atoms with Gasteiger partial charge in [0.05, 0.1) is 6.61 Å². The molecule has 1 heterocycles. The molecule has 1 unspecified atom stereocenters. The lowest BCUT2D eigenvalue weighted by Gasteiger charge is -2.21. The van der Waals surface area contributed by atoms with E-state index < -0.39 is 0 Å². The van der Waals surface area contributed by atoms with E-state index in [1.807, 2.05) is 6.20 Å². The number of nitrogens with zero attached hydrogens (tertiary/aromatic N) is 2. The Labute approximate surface area is 117 Å². The lowest BCUT2D eigenvalue weighted by molar-refractivity contribution is 0.199. The van der Waals surface area contributed by atoms with Crippen molar-refractivity contribution in [3.05, 3.63) is 23.9 Å². The maximum atomic E-state index is 4.99. The molecule has 1 aromatic rings. The van der Waals surface area contributed by atoms with Gasteiger partial charge in [-0.1, -0.05) is 26.3 Å². The van der Waals surface area contributed by atoms with E-state index in [2.05, 4.69) is 48.2 Å². The van der Waals surface area contributed by atoms with Crippen LogP contribution in [0.4, 0.5) is 5.82 Å². The fraction of sp³-hybridized carbons (Fsp3) is 0.667. The lowest BCUT2D eigenvalue weighted by Crippen LogP contribution is -2.24. The molecule has 19 heavy (non-hydrogen) atoms. The number of anilines is 1. The molecule has 1 N–H and O–H groups in total. The van der Waals surface area contributed by atoms with Crippen molar-refractivity contribution in [1.82, 2.24) is 10.3 Å². The van der Waals surface area contributed by atoms with Crippen LogP contribution < -0.4 is 10.2 Å². The third-order valence-corrected chi connectivity index (χ3v) is 3.29. The smallest absolute Gasteiger partial charge is 0.128 e. The molecule has 4 heteroatoms. The third kappa shape index (κ3) is 6.03. The first-order chi connectivity index (χ1) is 9.17. The van der Waals surface area contributed by atoms with Gasteiger partial charge in [-0.05, 0) is 17.5 Å². The van der Waals surface area contributed by atoms with Crippen molar-refractivity contribution in [1.29, 1.82) is 0 Å². The predicted octanol–water partition coefficient (Wildman–Crippen LogP) is 2.30. The Morgan fingerprint density at radius 1 is 1.42 bits per heavy atom. The normalized spacial score (nSPS) is 12.4. The summed E-state index contributed by atoms with van der Waals surface area (Å²) in [6.07, 6.45) is 3.15. The fourth-order valence-corrected chi connectivity index (χ4v) is 1.84. The highest BCUT2D eigenvalue weighted by Crippen LogP contribution is 2.12. The van der Waals surface area contributed by atoms with Crippen molar-refractivity contribution in [2.24, 2.45) is 5.92 Å². The molecule has 0 fully saturated rings. The largest absolute Gasteiger partial charge is 0.383 e. The number of hydrogen-bond acceptors (Lipinski definition) is 4. The molecular weight excluding hydrogens is 238 g/mol. The van der Waals surface area contributed by atoms with E-state index in [-0.39, 0.29) is 0 Å². The lowest BCUT2D eigenvalue weighted by atomic mass is 10.1. The van der Waals surface area contributed by atoms with Gasteiger partial charge in [0.15, 0.2) is 0 Å². The summed E-state index contributed by atoms with van der Waals surface area (Å²) in [6, 6.07) is 4.23. The first kappa shape index (κ1) is 15.9. The van der Waals surface area contributed by atoms with E-state index in [0.717, 1.165) is 32.1 Å². The van der Waals surface area contributed by atoms with Gasteiger partial charge in [0, 0.05) is 40.0 Å². The Hall–Kier alpha value is -1.13. The number of nitrogens with one attached hydrogen (secondary N) is 1. The van der Waals surface area contributed by atoms with Crippen LogP contribution in [0.25, 0.3) is 0 Å². The second kappa shape index (κ2) is 8.88. The summed E-state index contributed by atoms with van der Waals surface area (Å²) in [5.74, 6) is 1.74. The monoisotopic (exact) mass is 265 g/mol. The third-order valence-electron chi connectivity index (χ3n) is 3.29. The van der Waals surface area contributed by atoms with Crippen molar-refractivity contribution in [2.45, 2.75) is 26.8 Å². The van der Waals surface area contributed by atoms with Gasteiger partial charge in [-0.15, -0.1) is 0 Å². The predicted molar refractivity (Wildman–Crippen MR) is 80.5 cm³/mol. The Bertz CT molecular complexity index is 340. The minimum atomic E-state index is 0.696. The summed E-state index contributed by atoms with van der Waals surface area (Å²) in [5, 5.41) is 3.31. The Kier molecular flexibility index (Phi) is 7.45. The molecule has 0 spiro atoms. The summed E-state index contributed by atoms with van der Waals surface area (Å²) >= 11 is 0. The molecule has 0 aliphatic carbocycles. The quantitative estimate of drug-likeness (QED) is 0.695. The maximum absolute atomic E-state index is 4.99. The first-order valence-electron chi connectivity index (χ1n) is 7.03. The zero-order valence-electron chi connectivity index (χ0n) is 12.6. The summed E-state index contributed by atoms with van der Waals surface area (Å²) in [4.78, 5) is 6.74. The van der Waals surface area contributed by atoms with E-state index in [1.54, 1.807) is 7.11 Å². The van der Waals surface area contributed by atoms with Crippen LogP contribution in [0.3, 0.4) is 0 Å². The van der Waals surface area contributed by atoms with E-state index in [9.17, 15) is 0 Å². The molecule has 108 valence electrons. The number of hydrogen-bond donors (Lipinski definition) is 1. The first-order valence-corrected chi connectivity index (χ1v) is 7.03. The molecule has 0 saturated heterocycles. The summed E-state index contributed by atoms with van der Waals surface area (Å²) in [7, 11) is 3.82. The highest BCUT2D eigenvalue weighted by atomic mass is 16.5. The molecule has 0 radical (unpaired) electrons. The Balaban J connectivity index is 2.42. The topological polar surface area (TPSA) is 37.4 Å². The molecule has 1 aromatic heterocycles. The van der Waals surface area contributed by atoms with E-state index in [1.165, 1.54) is 12.0 Å². The molecule has 0 amide bonds. The Morgan fingerprint density at radius 2 is 2.21 bits per heavy atom. The van der Waals surface area contributed by atoms with Crippen LogP contribution >= 0.6 is 0 Å². The number of aromatic nitrogens is 1. The molecule has 1 rings (SSSR count). The van der Waals surface area contributed by atoms with Gasteiger partial charge >= 0.3 is 0 Å². The molecule has 0 aliphatic rings. The van der Waals surface area contributed by atoms with Crippen molar-refractivity contribution in [2.75, 3.05) is 38.8 Å². The minimum absolute atomic E-state index is 0.696. The molecule has 0 aliphatic heterocycles. The summed E-state index contributed by atoms with van der Waals surface area (Å²) in [5.41, 5.74) is 1.21. The second-order valence-electron chi connectivity index (χ2n) is 5.09. The molecule has 0 aromatic carbocycles. The van der Waals surface area contributed by atoms with Crippen molar-refractivity contribution < 1.29 is 4.74 Å². The molecule has 0 saturated carbocycles. The second-order valence-corrected chi connectivity index (χ2v) is 5.09. The van der Waals surface area contributed by atoms with Crippen LogP contribution in [0, 0.1) is 5.92 Å². The van der Waals surface area contributed by atoms with E-state index >= 15 is 0 Å². The highest BCUT2D eigenvalue weighted by molar-refractivity contribution is 5.38. The zero-order valence-corrected chi connectivity index (χ0v) is 12.6. The summed E-state index contributed by atoms with van der Waals surface area (Å²) < 4.78 is 4.99. The summed E-state index contributed by atoms with van der Waals surface area (Å²) in [6.45, 7) is 7.99. The van der Waals surface area contributed by atoms with Crippen LogP contribution in [-0.2, 0) is 11.3 Å². The number of pyridine rings is 1. The van der Waals surface area contributed by atoms with Crippen molar-refractivity contribution in [3.8, 4) is 0 Å². The molecule has 1 atom stereocenters. The molecular formula is C15H27N3O. The SMILES string of the molecule is CCC(C)CN(C)c1ccc(CNCCOC)cn1. The minimum Gasteiger partial charge on any atom is -0.383 e. The fourth-order valence-electron chi connectivity index (χ4n) is 1.84. The number of rotatable bonds is 9. The molecule has 0 bridgehead atoms. The van der Waals surface area contributed by atoms with E-state index in [4.69, 9.17) is 4.74 Å². The maximum Gasteiger partial charge on any atom is 0.128 e.